The maximum absolute atomic E-state index is 12.3. The Morgan fingerprint density at radius 3 is 1.05 bits per heavy atom. The van der Waals surface area contributed by atoms with Gasteiger partial charge in [-0.1, -0.05) is 220 Å². The molecule has 2 aromatic rings. The average molecular weight is 1220 g/mol. The van der Waals surface area contributed by atoms with Crippen molar-refractivity contribution in [2.75, 3.05) is 6.61 Å². The Morgan fingerprint density at radius 1 is 0.482 bits per heavy atom. The summed E-state index contributed by atoms with van der Waals surface area (Å²) in [5.41, 5.74) is 2.94. The van der Waals surface area contributed by atoms with E-state index < -0.39 is 29.9 Å². The third-order valence-corrected chi connectivity index (χ3v) is 14.4. The second kappa shape index (κ2) is 36.5. The molecule has 0 aromatic carbocycles. The second-order valence-corrected chi connectivity index (χ2v) is 36.2. The summed E-state index contributed by atoms with van der Waals surface area (Å²) in [7, 11) is 0. The van der Waals surface area contributed by atoms with Crippen LogP contribution in [0.4, 0.5) is 30.7 Å². The molecule has 2 unspecified atom stereocenters. The number of hydrogen-bond donors (Lipinski definition) is 0. The van der Waals surface area contributed by atoms with Crippen molar-refractivity contribution in [1.82, 2.24) is 19.9 Å². The Balaban J connectivity index is -0.000000894. The lowest BCUT2D eigenvalue weighted by Gasteiger charge is -2.33. The van der Waals surface area contributed by atoms with E-state index >= 15 is 0 Å². The van der Waals surface area contributed by atoms with Gasteiger partial charge in [0, 0.05) is 69.4 Å². The maximum atomic E-state index is 12.3. The Kier molecular flexibility index (Phi) is 37.3. The maximum Gasteiger partial charge on any atom is 0.389 e. The van der Waals surface area contributed by atoms with E-state index in [2.05, 4.69) is 158 Å². The van der Waals surface area contributed by atoms with Gasteiger partial charge in [-0.05, 0) is 143 Å². The van der Waals surface area contributed by atoms with Gasteiger partial charge in [0.15, 0.2) is 0 Å². The van der Waals surface area contributed by atoms with Gasteiger partial charge in [0.1, 0.15) is 11.6 Å². The SMILES string of the molecule is CC(C)(C)C1CC1.CC(C)(C)C1CCCCC1.CC(C)(C)CC(C)(F)F.CC(C)(C)CC(F)(F)F.CC(C)(C)CC1CC1(F)F.CC(C)(C)CC1CCCO1.CC(C)(C)Cc1ncccn1.CC(C)C(C)(C)C.Cc1cnc(CC(C)(C)C)nc1. The molecule has 0 radical (unpaired) electrons. The van der Waals surface area contributed by atoms with Crippen molar-refractivity contribution < 1.29 is 35.5 Å². The monoisotopic (exact) mass is 1220 g/mol. The molecule has 4 aliphatic rings. The van der Waals surface area contributed by atoms with Gasteiger partial charge in [0.25, 0.3) is 5.92 Å². The number of rotatable bonds is 5. The molecular formula is C73H137F7N4O. The summed E-state index contributed by atoms with van der Waals surface area (Å²) in [6, 6.07) is 1.84. The molecular weight excluding hydrogens is 1080 g/mol. The van der Waals surface area contributed by atoms with Crippen LogP contribution in [-0.2, 0) is 17.6 Å². The predicted octanol–water partition coefficient (Wildman–Crippen LogP) is 24.9. The molecule has 3 aliphatic carbocycles. The van der Waals surface area contributed by atoms with E-state index in [1.807, 2.05) is 66.9 Å². The molecule has 1 saturated heterocycles. The molecule has 0 amide bonds. The van der Waals surface area contributed by atoms with Gasteiger partial charge in [0.2, 0.25) is 5.92 Å². The van der Waals surface area contributed by atoms with Crippen LogP contribution in [-0.4, -0.2) is 50.7 Å². The third kappa shape index (κ3) is 60.3. The molecule has 3 saturated carbocycles. The number of ether oxygens (including phenoxy) is 1. The first-order chi connectivity index (χ1) is 37.5. The molecule has 504 valence electrons. The van der Waals surface area contributed by atoms with Crippen LogP contribution in [0.2, 0.25) is 0 Å². The Bertz CT molecular complexity index is 1890. The van der Waals surface area contributed by atoms with Crippen molar-refractivity contribution in [2.45, 2.75) is 341 Å². The van der Waals surface area contributed by atoms with Crippen molar-refractivity contribution in [1.29, 1.82) is 0 Å². The smallest absolute Gasteiger partial charge is 0.378 e. The van der Waals surface area contributed by atoms with Crippen LogP contribution in [0.1, 0.15) is 315 Å². The first kappa shape index (κ1) is 86.8. The quantitative estimate of drug-likeness (QED) is 0.279. The van der Waals surface area contributed by atoms with E-state index in [4.69, 9.17) is 4.74 Å². The van der Waals surface area contributed by atoms with Crippen molar-refractivity contribution in [3.05, 3.63) is 48.1 Å². The highest BCUT2D eigenvalue weighted by atomic mass is 19.4. The summed E-state index contributed by atoms with van der Waals surface area (Å²) in [4.78, 5) is 16.8. The topological polar surface area (TPSA) is 60.8 Å². The van der Waals surface area contributed by atoms with E-state index in [9.17, 15) is 30.7 Å². The van der Waals surface area contributed by atoms with Crippen molar-refractivity contribution in [3.63, 3.8) is 0 Å². The highest BCUT2D eigenvalue weighted by molar-refractivity contribution is 5.03. The first-order valence-corrected chi connectivity index (χ1v) is 32.5. The molecule has 4 fully saturated rings. The fourth-order valence-corrected chi connectivity index (χ4v) is 9.05. The molecule has 2 aromatic heterocycles. The van der Waals surface area contributed by atoms with Crippen LogP contribution < -0.4 is 0 Å². The summed E-state index contributed by atoms with van der Waals surface area (Å²) < 4.78 is 89.3. The highest BCUT2D eigenvalue weighted by Gasteiger charge is 2.57. The van der Waals surface area contributed by atoms with Crippen molar-refractivity contribution >= 4 is 0 Å². The fourth-order valence-electron chi connectivity index (χ4n) is 9.05. The molecule has 12 heteroatoms. The summed E-state index contributed by atoms with van der Waals surface area (Å²) >= 11 is 0. The van der Waals surface area contributed by atoms with Crippen LogP contribution in [0.25, 0.3) is 0 Å². The molecule has 0 N–H and O–H groups in total. The minimum atomic E-state index is -4.02. The zero-order valence-electron chi connectivity index (χ0n) is 61.1. The summed E-state index contributed by atoms with van der Waals surface area (Å²) in [5, 5.41) is 0. The Hall–Kier alpha value is -2.37. The van der Waals surface area contributed by atoms with E-state index in [0.717, 1.165) is 61.3 Å². The largest absolute Gasteiger partial charge is 0.389 e. The summed E-state index contributed by atoms with van der Waals surface area (Å²) in [6.07, 6.45) is 19.8. The average Bonchev–Trinajstić information content (AvgIpc) is 4.14. The molecule has 85 heavy (non-hydrogen) atoms. The van der Waals surface area contributed by atoms with Gasteiger partial charge in [0.05, 0.1) is 6.10 Å². The van der Waals surface area contributed by atoms with Crippen LogP contribution in [0.15, 0.2) is 30.9 Å². The molecule has 6 rings (SSSR count). The van der Waals surface area contributed by atoms with Gasteiger partial charge in [-0.15, -0.1) is 0 Å². The zero-order valence-corrected chi connectivity index (χ0v) is 61.1. The number of halogens is 7. The number of aryl methyl sites for hydroxylation is 1. The molecule has 2 atom stereocenters. The number of hydrogen-bond acceptors (Lipinski definition) is 5. The lowest BCUT2D eigenvalue weighted by Crippen LogP contribution is -2.22. The van der Waals surface area contributed by atoms with Gasteiger partial charge >= 0.3 is 6.18 Å². The van der Waals surface area contributed by atoms with Crippen molar-refractivity contribution in [2.24, 2.45) is 72.4 Å². The van der Waals surface area contributed by atoms with Gasteiger partial charge < -0.3 is 4.74 Å². The minimum absolute atomic E-state index is 0.0417. The van der Waals surface area contributed by atoms with Crippen molar-refractivity contribution in [3.8, 4) is 0 Å². The van der Waals surface area contributed by atoms with Crippen LogP contribution in [0.3, 0.4) is 0 Å². The molecule has 5 nitrogen and oxygen atoms in total. The number of alkyl halides is 7. The normalized spacial score (nSPS) is 18.5. The van der Waals surface area contributed by atoms with E-state index in [-0.39, 0.29) is 40.4 Å². The fraction of sp³-hybridized carbons (Fsp3) is 0.890. The van der Waals surface area contributed by atoms with Crippen LogP contribution >= 0.6 is 0 Å². The lowest BCUT2D eigenvalue weighted by molar-refractivity contribution is -0.152. The predicted molar refractivity (Wildman–Crippen MR) is 353 cm³/mol. The van der Waals surface area contributed by atoms with E-state index in [1.165, 1.54) is 64.2 Å². The molecule has 0 bridgehead atoms. The first-order valence-electron chi connectivity index (χ1n) is 32.5. The van der Waals surface area contributed by atoms with Gasteiger partial charge in [-0.2, -0.15) is 13.2 Å². The number of nitrogens with zero attached hydrogens (tertiary/aromatic N) is 4. The van der Waals surface area contributed by atoms with Gasteiger partial charge in [-0.25, -0.2) is 37.5 Å². The molecule has 3 heterocycles. The standard InChI is InChI=1S/C10H16N2.C10H20.C9H14N2.C9H18O.C8H14F2.C7H14F2.C7H14.C7H16.C6H11F3/c1-8-6-11-9(12-7-8)5-10(2,3)4;1-10(2,3)9-7-5-4-6-8-9;1-9(2,3)7-8-10-5-4-6-11-8;1-9(2,3)7-8-5-4-6-10-8;1-7(2,3)4-6-5-8(6,9)10;1-6(2,3)5-7(4,8)9;1-7(2,3)6-4-5-6;1-6(2)7(3,4)5;1-5(2,3)4-6(7,8)9/h6-7H,5H2,1-4H3;9H,4-8H2,1-3H3;4-6H,7H2,1-3H3;8H,4-7H2,1-3H3;6H,4-5H2,1-3H3;5H2,1-4H3;6H,4-5H2,1-3H3;6H,1-5H3;4H2,1-3H3. The zero-order chi connectivity index (χ0) is 67.7. The molecule has 1 aliphatic heterocycles. The highest BCUT2D eigenvalue weighted by Crippen LogP contribution is 2.53. The van der Waals surface area contributed by atoms with Crippen LogP contribution in [0.5, 0.6) is 0 Å². The van der Waals surface area contributed by atoms with Crippen LogP contribution in [0, 0.1) is 79.3 Å². The molecule has 0 spiro atoms. The summed E-state index contributed by atoms with van der Waals surface area (Å²) in [6.45, 7) is 65.4. The van der Waals surface area contributed by atoms with Gasteiger partial charge in [-0.3, -0.25) is 0 Å². The third-order valence-electron chi connectivity index (χ3n) is 14.4. The minimum Gasteiger partial charge on any atom is -0.378 e. The second-order valence-electron chi connectivity index (χ2n) is 36.2. The number of aromatic nitrogens is 4. The Morgan fingerprint density at radius 2 is 0.847 bits per heavy atom. The van der Waals surface area contributed by atoms with E-state index in [0.29, 0.717) is 34.2 Å². The lowest BCUT2D eigenvalue weighted by atomic mass is 9.72. The van der Waals surface area contributed by atoms with E-state index in [1.54, 1.807) is 33.2 Å². The summed E-state index contributed by atoms with van der Waals surface area (Å²) in [5.74, 6) is -0.451. The Labute approximate surface area is 521 Å².